The lowest BCUT2D eigenvalue weighted by molar-refractivity contribution is 0.0953. The van der Waals surface area contributed by atoms with E-state index in [1.54, 1.807) is 11.8 Å². The second-order valence-electron chi connectivity index (χ2n) is 7.11. The van der Waals surface area contributed by atoms with Crippen LogP contribution in [-0.4, -0.2) is 19.1 Å². The second-order valence-corrected chi connectivity index (χ2v) is 8.16. The molecule has 0 fully saturated rings. The van der Waals surface area contributed by atoms with Gasteiger partial charge in [0.1, 0.15) is 5.75 Å². The maximum absolute atomic E-state index is 12.4. The van der Waals surface area contributed by atoms with Gasteiger partial charge < -0.3 is 10.1 Å². The zero-order valence-electron chi connectivity index (χ0n) is 17.5. The number of benzene rings is 3. The molecule has 0 spiro atoms. The van der Waals surface area contributed by atoms with Crippen molar-refractivity contribution >= 4 is 17.7 Å². The lowest BCUT2D eigenvalue weighted by Crippen LogP contribution is -2.24. The molecule has 1 amide bonds. The highest BCUT2D eigenvalue weighted by molar-refractivity contribution is 7.98. The van der Waals surface area contributed by atoms with Crippen LogP contribution in [0.5, 0.6) is 5.75 Å². The number of hydrogen-bond donors (Lipinski definition) is 1. The fraction of sp³-hybridized carbons (Fsp3) is 0.269. The van der Waals surface area contributed by atoms with Gasteiger partial charge in [-0.2, -0.15) is 0 Å². The highest BCUT2D eigenvalue weighted by Gasteiger charge is 2.07. The Morgan fingerprint density at radius 1 is 0.933 bits per heavy atom. The average Bonchev–Trinajstić information content (AvgIpc) is 2.80. The van der Waals surface area contributed by atoms with Crippen LogP contribution in [0.4, 0.5) is 0 Å². The molecular weight excluding hydrogens is 390 g/mol. The predicted octanol–water partition coefficient (Wildman–Crippen LogP) is 6.13. The van der Waals surface area contributed by atoms with Crippen LogP contribution in [-0.2, 0) is 12.2 Å². The Balaban J connectivity index is 1.42. The van der Waals surface area contributed by atoms with Crippen LogP contribution in [0.2, 0.25) is 0 Å². The summed E-state index contributed by atoms with van der Waals surface area (Å²) >= 11 is 1.80. The zero-order valence-corrected chi connectivity index (χ0v) is 18.3. The summed E-state index contributed by atoms with van der Waals surface area (Å²) in [5, 5.41) is 3.02. The van der Waals surface area contributed by atoms with Gasteiger partial charge in [0.2, 0.25) is 0 Å². The first-order chi connectivity index (χ1) is 14.8. The van der Waals surface area contributed by atoms with Crippen LogP contribution in [0.3, 0.4) is 0 Å². The number of aryl methyl sites for hydroxylation is 1. The van der Waals surface area contributed by atoms with Crippen molar-refractivity contribution in [3.8, 4) is 5.75 Å². The Labute approximate surface area is 183 Å². The van der Waals surface area contributed by atoms with Crippen LogP contribution < -0.4 is 10.1 Å². The van der Waals surface area contributed by atoms with Gasteiger partial charge in [-0.3, -0.25) is 4.79 Å². The molecule has 1 N–H and O–H groups in total. The van der Waals surface area contributed by atoms with Crippen molar-refractivity contribution in [3.05, 3.63) is 95.6 Å². The number of thioether (sulfide) groups is 1. The normalized spacial score (nSPS) is 10.6. The van der Waals surface area contributed by atoms with Gasteiger partial charge in [0.25, 0.3) is 5.91 Å². The summed E-state index contributed by atoms with van der Waals surface area (Å²) in [5.74, 6) is 1.83. The zero-order chi connectivity index (χ0) is 21.0. The number of carbonyl (C=O) groups excluding carboxylic acids is 1. The molecule has 30 heavy (non-hydrogen) atoms. The highest BCUT2D eigenvalue weighted by atomic mass is 32.2. The van der Waals surface area contributed by atoms with E-state index in [9.17, 15) is 4.79 Å². The Morgan fingerprint density at radius 2 is 1.67 bits per heavy atom. The maximum atomic E-state index is 12.4. The van der Waals surface area contributed by atoms with E-state index in [4.69, 9.17) is 4.74 Å². The van der Waals surface area contributed by atoms with E-state index >= 15 is 0 Å². The first-order valence-corrected chi connectivity index (χ1v) is 11.5. The molecule has 0 unspecified atom stereocenters. The molecule has 156 valence electrons. The summed E-state index contributed by atoms with van der Waals surface area (Å²) in [6, 6.07) is 26.4. The van der Waals surface area contributed by atoms with Crippen LogP contribution in [0, 0.1) is 0 Å². The van der Waals surface area contributed by atoms with E-state index < -0.39 is 0 Å². The van der Waals surface area contributed by atoms with Crippen LogP contribution in [0.15, 0.2) is 83.8 Å². The molecule has 0 bridgehead atoms. The number of para-hydroxylation sites is 1. The van der Waals surface area contributed by atoms with Gasteiger partial charge in [-0.1, -0.05) is 55.5 Å². The molecule has 0 heterocycles. The summed E-state index contributed by atoms with van der Waals surface area (Å²) in [6.07, 6.45) is 2.76. The van der Waals surface area contributed by atoms with Gasteiger partial charge in [-0.25, -0.2) is 0 Å². The standard InChI is InChI=1S/C26H29NO2S/c1-2-19-29-25-13-7-6-9-22(25)10-8-18-27-26(28)23-16-14-21(15-17-23)20-30-24-11-4-3-5-12-24/h3-7,9,11-17H,2,8,10,18-20H2,1H3,(H,27,28). The van der Waals surface area contributed by atoms with E-state index in [2.05, 4.69) is 30.4 Å². The summed E-state index contributed by atoms with van der Waals surface area (Å²) in [7, 11) is 0. The fourth-order valence-electron chi connectivity index (χ4n) is 3.08. The Morgan fingerprint density at radius 3 is 2.43 bits per heavy atom. The number of amides is 1. The summed E-state index contributed by atoms with van der Waals surface area (Å²) in [4.78, 5) is 13.7. The lowest BCUT2D eigenvalue weighted by atomic mass is 10.1. The minimum Gasteiger partial charge on any atom is -0.493 e. The van der Waals surface area contributed by atoms with Crippen molar-refractivity contribution in [3.63, 3.8) is 0 Å². The highest BCUT2D eigenvalue weighted by Crippen LogP contribution is 2.22. The van der Waals surface area contributed by atoms with Crippen molar-refractivity contribution in [2.75, 3.05) is 13.2 Å². The van der Waals surface area contributed by atoms with E-state index in [1.807, 2.05) is 60.7 Å². The molecule has 0 aliphatic carbocycles. The number of rotatable bonds is 11. The smallest absolute Gasteiger partial charge is 0.251 e. The fourth-order valence-corrected chi connectivity index (χ4v) is 3.96. The third-order valence-corrected chi connectivity index (χ3v) is 5.79. The average molecular weight is 420 g/mol. The molecule has 0 saturated heterocycles. The molecule has 4 heteroatoms. The van der Waals surface area contributed by atoms with Crippen molar-refractivity contribution in [2.45, 2.75) is 36.8 Å². The van der Waals surface area contributed by atoms with E-state index in [0.717, 1.165) is 37.4 Å². The topological polar surface area (TPSA) is 38.3 Å². The molecule has 0 aliphatic rings. The molecule has 0 radical (unpaired) electrons. The number of carbonyl (C=O) groups is 1. The maximum Gasteiger partial charge on any atom is 0.251 e. The molecule has 3 aromatic carbocycles. The Hall–Kier alpha value is -2.72. The van der Waals surface area contributed by atoms with Crippen LogP contribution in [0.25, 0.3) is 0 Å². The lowest BCUT2D eigenvalue weighted by Gasteiger charge is -2.11. The molecule has 0 aliphatic heterocycles. The minimum atomic E-state index is -0.0206. The van der Waals surface area contributed by atoms with E-state index in [1.165, 1.54) is 16.0 Å². The molecule has 3 rings (SSSR count). The molecule has 0 saturated carbocycles. The monoisotopic (exact) mass is 419 g/mol. The largest absolute Gasteiger partial charge is 0.493 e. The van der Waals surface area contributed by atoms with Gasteiger partial charge in [-0.15, -0.1) is 11.8 Å². The van der Waals surface area contributed by atoms with Gasteiger partial charge in [-0.05, 0) is 60.7 Å². The Bertz CT molecular complexity index is 910. The minimum absolute atomic E-state index is 0.0206. The molecular formula is C26H29NO2S. The number of ether oxygens (including phenoxy) is 1. The molecule has 3 nitrogen and oxygen atoms in total. The molecule has 0 atom stereocenters. The SMILES string of the molecule is CCCOc1ccccc1CCCNC(=O)c1ccc(CSc2ccccc2)cc1. The van der Waals surface area contributed by atoms with Gasteiger partial charge >= 0.3 is 0 Å². The summed E-state index contributed by atoms with van der Waals surface area (Å²) < 4.78 is 5.80. The number of nitrogens with one attached hydrogen (secondary N) is 1. The van der Waals surface area contributed by atoms with Crippen molar-refractivity contribution in [1.82, 2.24) is 5.32 Å². The summed E-state index contributed by atoms with van der Waals surface area (Å²) in [6.45, 7) is 3.48. The molecule has 0 aromatic heterocycles. The van der Waals surface area contributed by atoms with Crippen LogP contribution >= 0.6 is 11.8 Å². The number of hydrogen-bond acceptors (Lipinski definition) is 3. The quantitative estimate of drug-likeness (QED) is 0.300. The second kappa shape index (κ2) is 12.1. The van der Waals surface area contributed by atoms with E-state index in [0.29, 0.717) is 12.1 Å². The van der Waals surface area contributed by atoms with Gasteiger partial charge in [0, 0.05) is 22.8 Å². The Kier molecular flexibility index (Phi) is 8.85. The van der Waals surface area contributed by atoms with Crippen molar-refractivity contribution in [2.24, 2.45) is 0 Å². The van der Waals surface area contributed by atoms with Crippen molar-refractivity contribution < 1.29 is 9.53 Å². The first-order valence-electron chi connectivity index (χ1n) is 10.5. The third kappa shape index (κ3) is 6.96. The van der Waals surface area contributed by atoms with E-state index in [-0.39, 0.29) is 5.91 Å². The van der Waals surface area contributed by atoms with Crippen LogP contribution in [0.1, 0.15) is 41.3 Å². The van der Waals surface area contributed by atoms with Crippen molar-refractivity contribution in [1.29, 1.82) is 0 Å². The first kappa shape index (κ1) is 22.0. The summed E-state index contributed by atoms with van der Waals surface area (Å²) in [5.41, 5.74) is 3.11. The van der Waals surface area contributed by atoms with Gasteiger partial charge in [0.05, 0.1) is 6.61 Å². The predicted molar refractivity (Wildman–Crippen MR) is 125 cm³/mol. The molecule has 3 aromatic rings. The van der Waals surface area contributed by atoms with Gasteiger partial charge in [0.15, 0.2) is 0 Å². The third-order valence-electron chi connectivity index (χ3n) is 4.71.